The van der Waals surface area contributed by atoms with Gasteiger partial charge in [0.1, 0.15) is 0 Å². The first-order chi connectivity index (χ1) is 15.0. The highest BCUT2D eigenvalue weighted by Crippen LogP contribution is 2.37. The minimum absolute atomic E-state index is 0.0552. The molecule has 3 aromatic carbocycles. The van der Waals surface area contributed by atoms with Gasteiger partial charge in [-0.2, -0.15) is 0 Å². The van der Waals surface area contributed by atoms with E-state index in [1.807, 2.05) is 36.4 Å². The normalized spacial score (nSPS) is 11.5. The zero-order valence-electron chi connectivity index (χ0n) is 16.8. The molecular weight excluding hydrogens is 410 g/mol. The molecule has 0 fully saturated rings. The molecule has 3 aromatic rings. The van der Waals surface area contributed by atoms with E-state index in [0.717, 1.165) is 11.3 Å². The maximum Gasteiger partial charge on any atom is 0.303 e. The van der Waals surface area contributed by atoms with Crippen LogP contribution < -0.4 is 5.32 Å². The van der Waals surface area contributed by atoms with Crippen molar-refractivity contribution >= 4 is 35.1 Å². The molecule has 2 N–H and O–H groups in total. The molecule has 0 aromatic heterocycles. The van der Waals surface area contributed by atoms with Crippen molar-refractivity contribution in [2.24, 2.45) is 0 Å². The van der Waals surface area contributed by atoms with Gasteiger partial charge in [-0.3, -0.25) is 14.4 Å². The van der Waals surface area contributed by atoms with Crippen LogP contribution in [0.2, 0.25) is 0 Å². The summed E-state index contributed by atoms with van der Waals surface area (Å²) in [6.45, 7) is 0. The summed E-state index contributed by atoms with van der Waals surface area (Å²) in [6, 6.07) is 21.4. The molecule has 5 nitrogen and oxygen atoms in total. The number of carboxylic acids is 1. The average molecular weight is 432 g/mol. The van der Waals surface area contributed by atoms with E-state index in [2.05, 4.69) is 17.4 Å². The summed E-state index contributed by atoms with van der Waals surface area (Å²) >= 11 is 1.41. The predicted molar refractivity (Wildman–Crippen MR) is 122 cm³/mol. The zero-order chi connectivity index (χ0) is 21.8. The molecular formula is C25H21NO4S. The number of fused-ring (bicyclic) bond motifs is 3. The third-order valence-electron chi connectivity index (χ3n) is 5.17. The maximum atomic E-state index is 12.8. The lowest BCUT2D eigenvalue weighted by molar-refractivity contribution is -0.138. The number of carboxylic acid groups (broad SMARTS) is 1. The van der Waals surface area contributed by atoms with Crippen LogP contribution in [0.3, 0.4) is 0 Å². The van der Waals surface area contributed by atoms with Crippen LogP contribution in [0.5, 0.6) is 0 Å². The number of nitrogens with one attached hydrogen (secondary N) is 1. The van der Waals surface area contributed by atoms with E-state index in [1.165, 1.54) is 34.0 Å². The van der Waals surface area contributed by atoms with Crippen molar-refractivity contribution in [3.63, 3.8) is 0 Å². The van der Waals surface area contributed by atoms with Gasteiger partial charge in [0, 0.05) is 22.6 Å². The van der Waals surface area contributed by atoms with Crippen LogP contribution in [-0.4, -0.2) is 28.5 Å². The first-order valence-electron chi connectivity index (χ1n) is 9.98. The number of rotatable bonds is 8. The molecule has 156 valence electrons. The molecule has 0 saturated heterocycles. The zero-order valence-corrected chi connectivity index (χ0v) is 17.6. The predicted octanol–water partition coefficient (Wildman–Crippen LogP) is 5.04. The van der Waals surface area contributed by atoms with E-state index >= 15 is 0 Å². The largest absolute Gasteiger partial charge is 0.481 e. The van der Waals surface area contributed by atoms with Crippen molar-refractivity contribution in [3.05, 3.63) is 83.4 Å². The Morgan fingerprint density at radius 3 is 2.52 bits per heavy atom. The fourth-order valence-electron chi connectivity index (χ4n) is 3.66. The van der Waals surface area contributed by atoms with Gasteiger partial charge in [-0.15, -0.1) is 11.8 Å². The lowest BCUT2D eigenvalue weighted by Gasteiger charge is -2.08. The summed E-state index contributed by atoms with van der Waals surface area (Å²) < 4.78 is 0. The third-order valence-corrected chi connectivity index (χ3v) is 6.16. The van der Waals surface area contributed by atoms with E-state index in [4.69, 9.17) is 5.11 Å². The number of ketones is 1. The highest BCUT2D eigenvalue weighted by Gasteiger charge is 2.19. The number of hydrogen-bond donors (Lipinski definition) is 2. The van der Waals surface area contributed by atoms with Gasteiger partial charge in [0.15, 0.2) is 5.78 Å². The molecule has 0 unspecified atom stereocenters. The van der Waals surface area contributed by atoms with E-state index in [-0.39, 0.29) is 24.5 Å². The number of amides is 1. The van der Waals surface area contributed by atoms with Crippen molar-refractivity contribution < 1.29 is 19.5 Å². The van der Waals surface area contributed by atoms with Crippen LogP contribution in [-0.2, 0) is 16.0 Å². The molecule has 1 amide bonds. The summed E-state index contributed by atoms with van der Waals surface area (Å²) in [7, 11) is 0. The van der Waals surface area contributed by atoms with Gasteiger partial charge in [-0.1, -0.05) is 42.5 Å². The number of hydrogen-bond acceptors (Lipinski definition) is 4. The Kier molecular flexibility index (Phi) is 6.18. The van der Waals surface area contributed by atoms with Crippen LogP contribution in [0, 0.1) is 0 Å². The standard InChI is InChI=1S/C25H21NO4S/c27-23(17-8-9-22-18(13-17)12-16-4-1-2-7-21(16)22)15-31-20-6-3-5-19(14-20)26-24(28)10-11-25(29)30/h1-9,13-14H,10-12,15H2,(H,26,28)(H,29,30). The number of carbonyl (C=O) groups excluding carboxylic acids is 2. The summed E-state index contributed by atoms with van der Waals surface area (Å²) in [5, 5.41) is 11.4. The van der Waals surface area contributed by atoms with Gasteiger partial charge in [-0.25, -0.2) is 0 Å². The van der Waals surface area contributed by atoms with Gasteiger partial charge in [-0.05, 0) is 52.9 Å². The van der Waals surface area contributed by atoms with Crippen molar-refractivity contribution in [2.45, 2.75) is 24.2 Å². The summed E-state index contributed by atoms with van der Waals surface area (Å²) in [5.41, 5.74) is 6.21. The fourth-order valence-corrected chi connectivity index (χ4v) is 4.51. The summed E-state index contributed by atoms with van der Waals surface area (Å²) in [4.78, 5) is 36.0. The summed E-state index contributed by atoms with van der Waals surface area (Å²) in [5.74, 6) is -1.00. The van der Waals surface area contributed by atoms with Crippen molar-refractivity contribution in [1.29, 1.82) is 0 Å². The van der Waals surface area contributed by atoms with E-state index in [1.54, 1.807) is 18.2 Å². The van der Waals surface area contributed by atoms with Gasteiger partial charge in [0.25, 0.3) is 0 Å². The molecule has 0 atom stereocenters. The van der Waals surface area contributed by atoms with Crippen LogP contribution in [0.15, 0.2) is 71.6 Å². The Labute approximate surface area is 184 Å². The molecule has 0 radical (unpaired) electrons. The molecule has 4 rings (SSSR count). The minimum atomic E-state index is -1.01. The first kappa shape index (κ1) is 20.9. The smallest absolute Gasteiger partial charge is 0.303 e. The molecule has 31 heavy (non-hydrogen) atoms. The Morgan fingerprint density at radius 2 is 1.68 bits per heavy atom. The third kappa shape index (κ3) is 5.03. The second-order valence-corrected chi connectivity index (χ2v) is 8.44. The molecule has 6 heteroatoms. The number of thioether (sulfide) groups is 1. The van der Waals surface area contributed by atoms with Crippen LogP contribution >= 0.6 is 11.8 Å². The number of Topliss-reactive ketones (excluding diaryl/α,β-unsaturated/α-hetero) is 1. The maximum absolute atomic E-state index is 12.8. The monoisotopic (exact) mass is 431 g/mol. The second kappa shape index (κ2) is 9.18. The van der Waals surface area contributed by atoms with Crippen molar-refractivity contribution in [3.8, 4) is 11.1 Å². The van der Waals surface area contributed by atoms with Crippen LogP contribution in [0.25, 0.3) is 11.1 Å². The number of carbonyl (C=O) groups is 3. The van der Waals surface area contributed by atoms with Crippen molar-refractivity contribution in [1.82, 2.24) is 0 Å². The molecule has 1 aliphatic carbocycles. The Balaban J connectivity index is 1.37. The number of benzene rings is 3. The minimum Gasteiger partial charge on any atom is -0.481 e. The fraction of sp³-hybridized carbons (Fsp3) is 0.160. The lowest BCUT2D eigenvalue weighted by Crippen LogP contribution is -2.13. The molecule has 1 aliphatic rings. The molecule has 0 aliphatic heterocycles. The lowest BCUT2D eigenvalue weighted by atomic mass is 10.0. The van der Waals surface area contributed by atoms with Crippen LogP contribution in [0.1, 0.15) is 34.3 Å². The highest BCUT2D eigenvalue weighted by atomic mass is 32.2. The molecule has 0 spiro atoms. The van der Waals surface area contributed by atoms with Gasteiger partial charge in [0.2, 0.25) is 5.91 Å². The number of aliphatic carboxylic acids is 1. The number of anilines is 1. The van der Waals surface area contributed by atoms with Crippen molar-refractivity contribution in [2.75, 3.05) is 11.1 Å². The van der Waals surface area contributed by atoms with Gasteiger partial charge >= 0.3 is 5.97 Å². The average Bonchev–Trinajstić information content (AvgIpc) is 3.14. The molecule has 0 saturated carbocycles. The topological polar surface area (TPSA) is 83.5 Å². The van der Waals surface area contributed by atoms with E-state index in [9.17, 15) is 14.4 Å². The SMILES string of the molecule is O=C(O)CCC(=O)Nc1cccc(SCC(=O)c2ccc3c(c2)Cc2ccccc2-3)c1. The van der Waals surface area contributed by atoms with Gasteiger partial charge in [0.05, 0.1) is 12.2 Å². The molecule has 0 heterocycles. The van der Waals surface area contributed by atoms with E-state index in [0.29, 0.717) is 17.0 Å². The summed E-state index contributed by atoms with van der Waals surface area (Å²) in [6.07, 6.45) is 0.567. The van der Waals surface area contributed by atoms with E-state index < -0.39 is 5.97 Å². The second-order valence-electron chi connectivity index (χ2n) is 7.39. The quantitative estimate of drug-likeness (QED) is 0.302. The Bertz CT molecular complexity index is 1170. The highest BCUT2D eigenvalue weighted by molar-refractivity contribution is 8.00. The first-order valence-corrected chi connectivity index (χ1v) is 11.0. The van der Waals surface area contributed by atoms with Gasteiger partial charge < -0.3 is 10.4 Å². The Morgan fingerprint density at radius 1 is 0.871 bits per heavy atom. The van der Waals surface area contributed by atoms with Crippen LogP contribution in [0.4, 0.5) is 5.69 Å². The Hall–Kier alpha value is -3.38. The molecule has 0 bridgehead atoms.